The molecule has 0 saturated carbocycles. The van der Waals surface area contributed by atoms with E-state index in [1.165, 1.54) is 6.92 Å². The molecule has 5 heteroatoms. The van der Waals surface area contributed by atoms with E-state index in [-0.39, 0.29) is 0 Å². The van der Waals surface area contributed by atoms with Crippen molar-refractivity contribution in [3.8, 4) is 0 Å². The van der Waals surface area contributed by atoms with Crippen molar-refractivity contribution in [1.82, 2.24) is 5.32 Å². The summed E-state index contributed by atoms with van der Waals surface area (Å²) in [5.74, 6) is -0.533. The highest BCUT2D eigenvalue weighted by atomic mass is 16.6. The van der Waals surface area contributed by atoms with Gasteiger partial charge in [-0.05, 0) is 6.42 Å². The van der Waals surface area contributed by atoms with E-state index in [4.69, 9.17) is 0 Å². The summed E-state index contributed by atoms with van der Waals surface area (Å²) in [6.07, 6.45) is 3.10. The molecule has 13 heavy (non-hydrogen) atoms. The van der Waals surface area contributed by atoms with Crippen molar-refractivity contribution in [1.29, 1.82) is 0 Å². The molecule has 0 fully saturated rings. The van der Waals surface area contributed by atoms with Crippen LogP contribution >= 0.6 is 0 Å². The van der Waals surface area contributed by atoms with Crippen molar-refractivity contribution in [3.05, 3.63) is 22.0 Å². The number of hydrogen-bond donors (Lipinski definition) is 1. The summed E-state index contributed by atoms with van der Waals surface area (Å²) in [6, 6.07) is 0. The van der Waals surface area contributed by atoms with Crippen molar-refractivity contribution < 1.29 is 9.72 Å². The minimum Gasteiger partial charge on any atom is -0.385 e. The molecule has 1 N–H and O–H groups in total. The lowest BCUT2D eigenvalue weighted by Crippen LogP contribution is -2.15. The molecule has 5 nitrogen and oxygen atoms in total. The van der Waals surface area contributed by atoms with Gasteiger partial charge < -0.3 is 5.32 Å². The summed E-state index contributed by atoms with van der Waals surface area (Å²) >= 11 is 0. The summed E-state index contributed by atoms with van der Waals surface area (Å²) in [5.41, 5.74) is -0.392. The summed E-state index contributed by atoms with van der Waals surface area (Å²) < 4.78 is 0. The first-order chi connectivity index (χ1) is 6.09. The van der Waals surface area contributed by atoms with E-state index < -0.39 is 16.4 Å². The predicted molar refractivity (Wildman–Crippen MR) is 48.7 cm³/mol. The van der Waals surface area contributed by atoms with Gasteiger partial charge in [0.15, 0.2) is 0 Å². The molecule has 0 aromatic rings. The molecule has 0 amide bonds. The van der Waals surface area contributed by atoms with Gasteiger partial charge in [-0.1, -0.05) is 13.3 Å². The van der Waals surface area contributed by atoms with E-state index in [1.54, 1.807) is 0 Å². The first-order valence-electron chi connectivity index (χ1n) is 4.18. The Bertz CT molecular complexity index is 207. The molecule has 0 bridgehead atoms. The van der Waals surface area contributed by atoms with Gasteiger partial charge in [-0.2, -0.15) is 0 Å². The predicted octanol–water partition coefficient (Wildman–Crippen LogP) is 1.08. The number of carbonyl (C=O) groups excluding carboxylic acids is 1. The van der Waals surface area contributed by atoms with Gasteiger partial charge >= 0.3 is 5.70 Å². The number of nitrogens with zero attached hydrogens (tertiary/aromatic N) is 1. The number of allylic oxidation sites excluding steroid dienone is 1. The van der Waals surface area contributed by atoms with Crippen molar-refractivity contribution in [2.45, 2.75) is 26.7 Å². The van der Waals surface area contributed by atoms with Crippen LogP contribution in [0.15, 0.2) is 11.9 Å². The molecular formula is C8H14N2O3. The van der Waals surface area contributed by atoms with Crippen molar-refractivity contribution >= 4 is 5.78 Å². The lowest BCUT2D eigenvalue weighted by atomic mass is 10.3. The second-order valence-electron chi connectivity index (χ2n) is 2.65. The second-order valence-corrected chi connectivity index (χ2v) is 2.65. The topological polar surface area (TPSA) is 72.2 Å². The fourth-order valence-electron chi connectivity index (χ4n) is 0.731. The number of unbranched alkanes of at least 4 members (excludes halogenated alkanes) is 1. The standard InChI is InChI=1S/C8H14N2O3/c1-3-4-5-9-6-8(7(2)11)10(12)13/h6,9H,3-5H2,1-2H3/b8-6+. The number of hydrogen-bond acceptors (Lipinski definition) is 4. The third kappa shape index (κ3) is 4.95. The maximum atomic E-state index is 10.7. The number of nitrogens with one attached hydrogen (secondary N) is 1. The molecule has 0 aliphatic rings. The second kappa shape index (κ2) is 6.16. The summed E-state index contributed by atoms with van der Waals surface area (Å²) in [6.45, 7) is 3.85. The van der Waals surface area contributed by atoms with Gasteiger partial charge in [-0.15, -0.1) is 0 Å². The number of nitro groups is 1. The molecule has 0 aliphatic heterocycles. The molecule has 0 radical (unpaired) electrons. The Labute approximate surface area is 77.0 Å². The monoisotopic (exact) mass is 186 g/mol. The third-order valence-corrected chi connectivity index (χ3v) is 1.47. The fraction of sp³-hybridized carbons (Fsp3) is 0.625. The van der Waals surface area contributed by atoms with Crippen LogP contribution in [-0.4, -0.2) is 17.3 Å². The first kappa shape index (κ1) is 11.6. The average molecular weight is 186 g/mol. The van der Waals surface area contributed by atoms with Crippen LogP contribution in [0, 0.1) is 10.1 Å². The van der Waals surface area contributed by atoms with Crippen LogP contribution in [0.2, 0.25) is 0 Å². The zero-order valence-corrected chi connectivity index (χ0v) is 7.87. The highest BCUT2D eigenvalue weighted by Gasteiger charge is 2.15. The largest absolute Gasteiger partial charge is 0.385 e. The maximum absolute atomic E-state index is 10.7. The first-order valence-corrected chi connectivity index (χ1v) is 4.18. The van der Waals surface area contributed by atoms with E-state index >= 15 is 0 Å². The number of carbonyl (C=O) groups is 1. The Morgan fingerprint density at radius 3 is 2.62 bits per heavy atom. The van der Waals surface area contributed by atoms with Crippen LogP contribution in [0.1, 0.15) is 26.7 Å². The van der Waals surface area contributed by atoms with Crippen LogP contribution in [-0.2, 0) is 4.79 Å². The van der Waals surface area contributed by atoms with E-state index in [1.807, 2.05) is 6.92 Å². The Kier molecular flexibility index (Phi) is 5.50. The van der Waals surface area contributed by atoms with Crippen LogP contribution in [0.3, 0.4) is 0 Å². The molecule has 74 valence electrons. The summed E-state index contributed by atoms with van der Waals surface area (Å²) in [4.78, 5) is 20.3. The van der Waals surface area contributed by atoms with E-state index in [2.05, 4.69) is 5.32 Å². The average Bonchev–Trinajstić information content (AvgIpc) is 2.02. The zero-order valence-electron chi connectivity index (χ0n) is 7.87. The van der Waals surface area contributed by atoms with Crippen LogP contribution in [0.5, 0.6) is 0 Å². The number of ketones is 1. The van der Waals surface area contributed by atoms with Gasteiger partial charge in [0.05, 0.1) is 11.1 Å². The van der Waals surface area contributed by atoms with Crippen LogP contribution in [0.4, 0.5) is 0 Å². The maximum Gasteiger partial charge on any atom is 0.327 e. The Morgan fingerprint density at radius 2 is 2.23 bits per heavy atom. The van der Waals surface area contributed by atoms with Crippen LogP contribution in [0.25, 0.3) is 0 Å². The molecular weight excluding hydrogens is 172 g/mol. The van der Waals surface area contributed by atoms with E-state index in [9.17, 15) is 14.9 Å². The van der Waals surface area contributed by atoms with Gasteiger partial charge in [0.25, 0.3) is 0 Å². The van der Waals surface area contributed by atoms with Crippen molar-refractivity contribution in [3.63, 3.8) is 0 Å². The van der Waals surface area contributed by atoms with Gasteiger partial charge in [0.2, 0.25) is 5.78 Å². The van der Waals surface area contributed by atoms with Gasteiger partial charge in [0, 0.05) is 13.5 Å². The zero-order chi connectivity index (χ0) is 10.3. The molecule has 0 aromatic heterocycles. The Hall–Kier alpha value is -1.39. The quantitative estimate of drug-likeness (QED) is 0.291. The summed E-state index contributed by atoms with van der Waals surface area (Å²) in [5, 5.41) is 13.0. The molecule has 0 aliphatic carbocycles. The minimum absolute atomic E-state index is 0.392. The van der Waals surface area contributed by atoms with Gasteiger partial charge in [-0.3, -0.25) is 14.9 Å². The van der Waals surface area contributed by atoms with Gasteiger partial charge in [-0.25, -0.2) is 0 Å². The smallest absolute Gasteiger partial charge is 0.327 e. The molecule has 0 saturated heterocycles. The third-order valence-electron chi connectivity index (χ3n) is 1.47. The Balaban J connectivity index is 4.06. The van der Waals surface area contributed by atoms with Crippen molar-refractivity contribution in [2.24, 2.45) is 0 Å². The minimum atomic E-state index is -0.679. The normalized spacial score (nSPS) is 11.1. The van der Waals surface area contributed by atoms with Gasteiger partial charge in [0.1, 0.15) is 0 Å². The molecule has 0 atom stereocenters. The Morgan fingerprint density at radius 1 is 1.62 bits per heavy atom. The number of rotatable bonds is 6. The van der Waals surface area contributed by atoms with Crippen molar-refractivity contribution in [2.75, 3.05) is 6.54 Å². The van der Waals surface area contributed by atoms with E-state index in [0.29, 0.717) is 6.54 Å². The highest BCUT2D eigenvalue weighted by Crippen LogP contribution is 1.95. The molecule has 0 rings (SSSR count). The molecule has 0 spiro atoms. The highest BCUT2D eigenvalue weighted by molar-refractivity contribution is 5.90. The summed E-state index contributed by atoms with van der Waals surface area (Å²) in [7, 11) is 0. The lowest BCUT2D eigenvalue weighted by molar-refractivity contribution is -0.419. The molecule has 0 aromatic carbocycles. The van der Waals surface area contributed by atoms with E-state index in [0.717, 1.165) is 19.0 Å². The fourth-order valence-corrected chi connectivity index (χ4v) is 0.731. The lowest BCUT2D eigenvalue weighted by Gasteiger charge is -1.97. The molecule has 0 unspecified atom stereocenters. The molecule has 0 heterocycles. The number of Topliss-reactive ketones (excluding diaryl/α,β-unsaturated/α-hetero) is 1. The van der Waals surface area contributed by atoms with Crippen LogP contribution < -0.4 is 5.32 Å². The SMILES string of the molecule is CCCCN/C=C(\C(C)=O)[N+](=O)[O-].